The van der Waals surface area contributed by atoms with E-state index in [4.69, 9.17) is 9.97 Å². The van der Waals surface area contributed by atoms with Gasteiger partial charge in [-0.25, -0.2) is 9.97 Å². The minimum absolute atomic E-state index is 0.797. The lowest BCUT2D eigenvalue weighted by Crippen LogP contribution is -2.50. The molecule has 0 amide bonds. The molecule has 7 rings (SSSR count). The fourth-order valence-corrected chi connectivity index (χ4v) is 8.71. The summed E-state index contributed by atoms with van der Waals surface area (Å²) in [5.74, 6) is 0.797. The molecular formula is C36H28N2Si. The van der Waals surface area contributed by atoms with Gasteiger partial charge in [-0.3, -0.25) is 0 Å². The Kier molecular flexibility index (Phi) is 5.61. The minimum atomic E-state index is -1.96. The van der Waals surface area contributed by atoms with Crippen molar-refractivity contribution in [3.8, 4) is 56.0 Å². The van der Waals surface area contributed by atoms with Crippen LogP contribution in [0.3, 0.4) is 0 Å². The third-order valence-electron chi connectivity index (χ3n) is 7.86. The highest BCUT2D eigenvalue weighted by molar-refractivity contribution is 7.03. The molecule has 2 nitrogen and oxygen atoms in total. The molecule has 0 saturated carbocycles. The number of rotatable bonds is 4. The molecule has 1 aromatic heterocycles. The Balaban J connectivity index is 1.33. The van der Waals surface area contributed by atoms with E-state index in [0.29, 0.717) is 0 Å². The third-order valence-corrected chi connectivity index (χ3v) is 11.2. The molecular weight excluding hydrogens is 488 g/mol. The largest absolute Gasteiger partial charge is 0.237 e. The van der Waals surface area contributed by atoms with E-state index in [-0.39, 0.29) is 0 Å². The van der Waals surface area contributed by atoms with Crippen LogP contribution < -0.4 is 10.5 Å². The molecule has 0 N–H and O–H groups in total. The van der Waals surface area contributed by atoms with E-state index < -0.39 is 8.07 Å². The zero-order valence-electron chi connectivity index (χ0n) is 22.1. The normalized spacial score (nSPS) is 13.1. The van der Waals surface area contributed by atoms with Crippen LogP contribution in [0.2, 0.25) is 13.1 Å². The number of aromatic nitrogens is 2. The zero-order valence-corrected chi connectivity index (χ0v) is 23.1. The highest BCUT2D eigenvalue weighted by Crippen LogP contribution is 2.36. The molecule has 0 fully saturated rings. The van der Waals surface area contributed by atoms with Crippen LogP contribution in [0.5, 0.6) is 0 Å². The Morgan fingerprint density at radius 1 is 0.462 bits per heavy atom. The van der Waals surface area contributed by atoms with Crippen LogP contribution in [-0.2, 0) is 0 Å². The predicted molar refractivity (Wildman–Crippen MR) is 166 cm³/mol. The fraction of sp³-hybridized carbons (Fsp3) is 0.0556. The molecule has 0 unspecified atom stereocenters. The summed E-state index contributed by atoms with van der Waals surface area (Å²) in [6.07, 6.45) is 0. The van der Waals surface area contributed by atoms with Gasteiger partial charge in [0.1, 0.15) is 8.07 Å². The van der Waals surface area contributed by atoms with Gasteiger partial charge in [-0.15, -0.1) is 0 Å². The van der Waals surface area contributed by atoms with Crippen LogP contribution >= 0.6 is 0 Å². The Morgan fingerprint density at radius 2 is 1.00 bits per heavy atom. The van der Waals surface area contributed by atoms with Crippen molar-refractivity contribution < 1.29 is 0 Å². The molecule has 1 aliphatic heterocycles. The van der Waals surface area contributed by atoms with Gasteiger partial charge in [-0.2, -0.15) is 0 Å². The quantitative estimate of drug-likeness (QED) is 0.222. The van der Waals surface area contributed by atoms with Crippen molar-refractivity contribution >= 4 is 18.6 Å². The Hall–Kier alpha value is -4.60. The zero-order chi connectivity index (χ0) is 26.4. The van der Waals surface area contributed by atoms with Crippen LogP contribution in [0.1, 0.15) is 0 Å². The van der Waals surface area contributed by atoms with Crippen molar-refractivity contribution in [3.63, 3.8) is 0 Å². The number of hydrogen-bond acceptors (Lipinski definition) is 2. The standard InChI is InChI=1S/C36H28N2Si/c1-39(2)32-19-10-9-18-31(32)33-34(27-14-7-4-8-15-27)37-35(38-36(33)39)28-22-20-26(21-23-28)30-17-11-16-29(24-30)25-12-5-3-6-13-25/h3-24H,1-2H3. The van der Waals surface area contributed by atoms with Crippen molar-refractivity contribution in [1.82, 2.24) is 9.97 Å². The summed E-state index contributed by atoms with van der Waals surface area (Å²) in [5.41, 5.74) is 10.5. The first kappa shape index (κ1) is 23.5. The van der Waals surface area contributed by atoms with E-state index in [2.05, 4.69) is 147 Å². The van der Waals surface area contributed by atoms with E-state index >= 15 is 0 Å². The Morgan fingerprint density at radius 3 is 1.69 bits per heavy atom. The first-order valence-corrected chi connectivity index (χ1v) is 16.4. The maximum Gasteiger partial charge on any atom is 0.159 e. The number of hydrogen-bond donors (Lipinski definition) is 0. The van der Waals surface area contributed by atoms with Crippen LogP contribution in [0.15, 0.2) is 133 Å². The number of benzene rings is 5. The van der Waals surface area contributed by atoms with Gasteiger partial charge in [0.15, 0.2) is 5.82 Å². The maximum atomic E-state index is 5.28. The topological polar surface area (TPSA) is 25.8 Å². The van der Waals surface area contributed by atoms with Gasteiger partial charge in [-0.1, -0.05) is 140 Å². The van der Waals surface area contributed by atoms with Gasteiger partial charge < -0.3 is 0 Å². The van der Waals surface area contributed by atoms with E-state index in [1.54, 1.807) is 0 Å². The molecule has 5 aromatic carbocycles. The van der Waals surface area contributed by atoms with Crippen LogP contribution in [0.4, 0.5) is 0 Å². The number of fused-ring (bicyclic) bond motifs is 3. The summed E-state index contributed by atoms with van der Waals surface area (Å²) in [6, 6.07) is 47.3. The van der Waals surface area contributed by atoms with E-state index in [1.807, 2.05) is 0 Å². The molecule has 39 heavy (non-hydrogen) atoms. The van der Waals surface area contributed by atoms with E-state index in [0.717, 1.165) is 22.6 Å². The second-order valence-electron chi connectivity index (χ2n) is 10.7. The lowest BCUT2D eigenvalue weighted by molar-refractivity contribution is 1.21. The molecule has 6 aromatic rings. The molecule has 186 valence electrons. The molecule has 0 bridgehead atoms. The molecule has 0 saturated heterocycles. The summed E-state index contributed by atoms with van der Waals surface area (Å²) in [5, 5.41) is 2.67. The van der Waals surface area contributed by atoms with Crippen molar-refractivity contribution in [2.75, 3.05) is 0 Å². The smallest absolute Gasteiger partial charge is 0.159 e. The van der Waals surface area contributed by atoms with Crippen molar-refractivity contribution in [2.24, 2.45) is 0 Å². The molecule has 0 atom stereocenters. The van der Waals surface area contributed by atoms with Crippen molar-refractivity contribution in [1.29, 1.82) is 0 Å². The lowest BCUT2D eigenvalue weighted by atomic mass is 9.98. The highest BCUT2D eigenvalue weighted by Gasteiger charge is 2.41. The molecule has 1 aliphatic rings. The monoisotopic (exact) mass is 516 g/mol. The maximum absolute atomic E-state index is 5.28. The van der Waals surface area contributed by atoms with Crippen LogP contribution in [-0.4, -0.2) is 18.0 Å². The van der Waals surface area contributed by atoms with Crippen LogP contribution in [0.25, 0.3) is 56.0 Å². The van der Waals surface area contributed by atoms with E-state index in [1.165, 1.54) is 43.9 Å². The molecule has 0 radical (unpaired) electrons. The summed E-state index contributed by atoms with van der Waals surface area (Å²) < 4.78 is 0. The van der Waals surface area contributed by atoms with Gasteiger partial charge in [0.2, 0.25) is 0 Å². The first-order chi connectivity index (χ1) is 19.1. The Bertz CT molecular complexity index is 1810. The van der Waals surface area contributed by atoms with Crippen molar-refractivity contribution in [2.45, 2.75) is 13.1 Å². The fourth-order valence-electron chi connectivity index (χ4n) is 5.80. The first-order valence-electron chi connectivity index (χ1n) is 13.4. The van der Waals surface area contributed by atoms with Gasteiger partial charge in [-0.05, 0) is 39.1 Å². The molecule has 0 aliphatic carbocycles. The summed E-state index contributed by atoms with van der Waals surface area (Å²) in [4.78, 5) is 10.5. The second kappa shape index (κ2) is 9.30. The third kappa shape index (κ3) is 4.03. The predicted octanol–water partition coefficient (Wildman–Crippen LogP) is 7.95. The number of nitrogens with zero attached hydrogens (tertiary/aromatic N) is 2. The summed E-state index contributed by atoms with van der Waals surface area (Å²) in [7, 11) is -1.96. The molecule has 3 heteroatoms. The second-order valence-corrected chi connectivity index (χ2v) is 14.9. The lowest BCUT2D eigenvalue weighted by Gasteiger charge is -2.19. The van der Waals surface area contributed by atoms with Gasteiger partial charge in [0, 0.05) is 22.0 Å². The summed E-state index contributed by atoms with van der Waals surface area (Å²) >= 11 is 0. The van der Waals surface area contributed by atoms with E-state index in [9.17, 15) is 0 Å². The average molecular weight is 517 g/mol. The van der Waals surface area contributed by atoms with Gasteiger partial charge >= 0.3 is 0 Å². The van der Waals surface area contributed by atoms with Gasteiger partial charge in [0.25, 0.3) is 0 Å². The van der Waals surface area contributed by atoms with Crippen LogP contribution in [0, 0.1) is 0 Å². The Labute approximate surface area is 230 Å². The SMILES string of the molecule is C[Si]1(C)c2ccccc2-c2c(-c3ccccc3)nc(-c3ccc(-c4cccc(-c5ccccc5)c4)cc3)nc21. The summed E-state index contributed by atoms with van der Waals surface area (Å²) in [6.45, 7) is 4.82. The average Bonchev–Trinajstić information content (AvgIpc) is 3.24. The minimum Gasteiger partial charge on any atom is -0.237 e. The highest BCUT2D eigenvalue weighted by atomic mass is 28.3. The molecule has 0 spiro atoms. The molecule has 2 heterocycles. The van der Waals surface area contributed by atoms with Gasteiger partial charge in [0.05, 0.1) is 5.69 Å². The van der Waals surface area contributed by atoms with Crippen molar-refractivity contribution in [3.05, 3.63) is 133 Å².